The number of aliphatic hydroxyl groups excluding tert-OH is 5. The third kappa shape index (κ3) is 5.99. The molecule has 7 unspecified atom stereocenters. The zero-order chi connectivity index (χ0) is 38.6. The van der Waals surface area contributed by atoms with Crippen molar-refractivity contribution >= 4 is 11.9 Å². The predicted molar refractivity (Wildman–Crippen MR) is 188 cm³/mol. The quantitative estimate of drug-likeness (QED) is 0.142. The molecule has 6 rings (SSSR count). The largest absolute Gasteiger partial charge is 0.463 e. The zero-order valence-corrected chi connectivity index (χ0v) is 32.7. The first-order chi connectivity index (χ1) is 24.0. The molecule has 0 aromatic carbocycles. The molecule has 1 heterocycles. The maximum atomic E-state index is 12.3. The van der Waals surface area contributed by atoms with Crippen molar-refractivity contribution in [1.29, 1.82) is 0 Å². The van der Waals surface area contributed by atoms with Crippen LogP contribution in [0.3, 0.4) is 0 Å². The Labute approximate surface area is 308 Å². The minimum absolute atomic E-state index is 0.00590. The van der Waals surface area contributed by atoms with E-state index in [1.54, 1.807) is 0 Å². The monoisotopic (exact) mass is 738 g/mol. The molecule has 17 atom stereocenters. The normalized spacial score (nSPS) is 48.2. The van der Waals surface area contributed by atoms with Gasteiger partial charge in [-0.05, 0) is 112 Å². The summed E-state index contributed by atoms with van der Waals surface area (Å²) in [7, 11) is 0. The fourth-order valence-electron chi connectivity index (χ4n) is 13.7. The van der Waals surface area contributed by atoms with E-state index in [-0.39, 0.29) is 63.5 Å². The maximum absolute atomic E-state index is 12.3. The van der Waals surface area contributed by atoms with Gasteiger partial charge in [-0.3, -0.25) is 9.59 Å². The molecule has 0 aromatic heterocycles. The third-order valence-electron chi connectivity index (χ3n) is 16.2. The van der Waals surface area contributed by atoms with E-state index in [1.165, 1.54) is 27.7 Å². The topological polar surface area (TPSA) is 192 Å². The molecule has 1 aliphatic heterocycles. The molecule has 0 aromatic rings. The number of ether oxygens (including phenoxy) is 4. The second-order valence-electron chi connectivity index (χ2n) is 19.5. The highest BCUT2D eigenvalue weighted by Crippen LogP contribution is 2.91. The number of carbonyl (C=O) groups excluding carboxylic acids is 2. The SMILES string of the molecule is CC(=O)OCC1OC(O[C@@H]2CC3C(C)(C)[C@H](OC(C)=O)CC[C@]3(C)C3CC[C@]45C[C@]4(CC[C@H]5[C@@H](C)C[C@H](O)[C@@H](O)C(C)(C)O)[C@@]32C)C(O)C(O)C1O. The molecule has 6 aliphatic rings. The summed E-state index contributed by atoms with van der Waals surface area (Å²) in [5.41, 5.74) is -2.38. The van der Waals surface area contributed by atoms with Gasteiger partial charge in [-0.25, -0.2) is 0 Å². The van der Waals surface area contributed by atoms with Crippen LogP contribution in [0.2, 0.25) is 0 Å². The first-order valence-corrected chi connectivity index (χ1v) is 19.7. The van der Waals surface area contributed by atoms with Crippen molar-refractivity contribution in [3.63, 3.8) is 0 Å². The Balaban J connectivity index is 1.36. The van der Waals surface area contributed by atoms with Crippen molar-refractivity contribution in [3.05, 3.63) is 0 Å². The van der Waals surface area contributed by atoms with Gasteiger partial charge in [0.15, 0.2) is 6.29 Å². The molecule has 0 radical (unpaired) electrons. The summed E-state index contributed by atoms with van der Waals surface area (Å²) in [5, 5.41) is 65.2. The predicted octanol–water partition coefficient (Wildman–Crippen LogP) is 3.24. The van der Waals surface area contributed by atoms with Gasteiger partial charge in [0, 0.05) is 24.7 Å². The van der Waals surface area contributed by atoms with E-state index in [4.69, 9.17) is 18.9 Å². The van der Waals surface area contributed by atoms with E-state index in [0.29, 0.717) is 18.8 Å². The van der Waals surface area contributed by atoms with Crippen LogP contribution in [-0.4, -0.2) is 110 Å². The third-order valence-corrected chi connectivity index (χ3v) is 16.2. The molecule has 12 heteroatoms. The summed E-state index contributed by atoms with van der Waals surface area (Å²) in [5.74, 6) is -0.142. The summed E-state index contributed by atoms with van der Waals surface area (Å²) in [4.78, 5) is 23.9. The number of aliphatic hydroxyl groups is 6. The first-order valence-electron chi connectivity index (χ1n) is 19.7. The lowest BCUT2D eigenvalue weighted by Gasteiger charge is -2.69. The molecule has 0 bridgehead atoms. The highest BCUT2D eigenvalue weighted by molar-refractivity contribution is 5.66. The van der Waals surface area contributed by atoms with Crippen molar-refractivity contribution in [2.24, 2.45) is 50.7 Å². The number of carbonyl (C=O) groups is 2. The highest BCUT2D eigenvalue weighted by Gasteiger charge is 2.85. The van der Waals surface area contributed by atoms with Gasteiger partial charge < -0.3 is 49.6 Å². The van der Waals surface area contributed by atoms with E-state index >= 15 is 0 Å². The molecule has 1 saturated heterocycles. The molecule has 0 spiro atoms. The lowest BCUT2D eigenvalue weighted by molar-refractivity contribution is -0.344. The van der Waals surface area contributed by atoms with Gasteiger partial charge >= 0.3 is 11.9 Å². The van der Waals surface area contributed by atoms with E-state index < -0.39 is 60.6 Å². The Morgan fingerprint density at radius 1 is 0.885 bits per heavy atom. The van der Waals surface area contributed by atoms with Crippen LogP contribution >= 0.6 is 0 Å². The Morgan fingerprint density at radius 3 is 2.17 bits per heavy atom. The van der Waals surface area contributed by atoms with Crippen molar-refractivity contribution < 1.29 is 59.2 Å². The average molecular weight is 739 g/mol. The molecule has 52 heavy (non-hydrogen) atoms. The van der Waals surface area contributed by atoms with Crippen molar-refractivity contribution in [2.75, 3.05) is 6.61 Å². The number of rotatable bonds is 10. The second kappa shape index (κ2) is 13.4. The molecule has 6 N–H and O–H groups in total. The van der Waals surface area contributed by atoms with Gasteiger partial charge in [0.1, 0.15) is 43.2 Å². The highest BCUT2D eigenvalue weighted by atomic mass is 16.7. The number of esters is 2. The zero-order valence-electron chi connectivity index (χ0n) is 32.7. The lowest BCUT2D eigenvalue weighted by atomic mass is 9.37. The van der Waals surface area contributed by atoms with Crippen LogP contribution in [0.4, 0.5) is 0 Å². The lowest BCUT2D eigenvalue weighted by Crippen LogP contribution is -2.68. The molecule has 0 amide bonds. The van der Waals surface area contributed by atoms with Gasteiger partial charge in [0.25, 0.3) is 0 Å². The second-order valence-corrected chi connectivity index (χ2v) is 19.5. The minimum Gasteiger partial charge on any atom is -0.463 e. The van der Waals surface area contributed by atoms with Crippen LogP contribution in [-0.2, 0) is 28.5 Å². The molecular formula is C40H66O12. The molecular weight excluding hydrogens is 672 g/mol. The van der Waals surface area contributed by atoms with Gasteiger partial charge in [-0.2, -0.15) is 0 Å². The van der Waals surface area contributed by atoms with Crippen molar-refractivity contribution in [3.8, 4) is 0 Å². The van der Waals surface area contributed by atoms with Crippen LogP contribution in [0.1, 0.15) is 120 Å². The molecule has 6 fully saturated rings. The van der Waals surface area contributed by atoms with Crippen LogP contribution in [0.15, 0.2) is 0 Å². The molecule has 12 nitrogen and oxygen atoms in total. The van der Waals surface area contributed by atoms with Gasteiger partial charge in [-0.1, -0.05) is 34.6 Å². The van der Waals surface area contributed by atoms with E-state index in [1.807, 2.05) is 0 Å². The number of fused-ring (bicyclic) bond motifs is 3. The Bertz CT molecular complexity index is 1360. The van der Waals surface area contributed by atoms with Crippen molar-refractivity contribution in [1.82, 2.24) is 0 Å². The van der Waals surface area contributed by atoms with Gasteiger partial charge in [0.2, 0.25) is 0 Å². The van der Waals surface area contributed by atoms with Crippen LogP contribution in [0.25, 0.3) is 0 Å². The average Bonchev–Trinajstić information content (AvgIpc) is 3.61. The fraction of sp³-hybridized carbons (Fsp3) is 0.950. The summed E-state index contributed by atoms with van der Waals surface area (Å²) >= 11 is 0. The fourth-order valence-corrected chi connectivity index (χ4v) is 13.7. The van der Waals surface area contributed by atoms with E-state index in [2.05, 4.69) is 34.6 Å². The molecule has 5 aliphatic carbocycles. The van der Waals surface area contributed by atoms with E-state index in [9.17, 15) is 40.2 Å². The van der Waals surface area contributed by atoms with E-state index in [0.717, 1.165) is 44.9 Å². The van der Waals surface area contributed by atoms with Gasteiger partial charge in [-0.15, -0.1) is 0 Å². The summed E-state index contributed by atoms with van der Waals surface area (Å²) in [6, 6.07) is 0. The Kier molecular flexibility index (Phi) is 10.4. The number of hydrogen-bond acceptors (Lipinski definition) is 12. The maximum Gasteiger partial charge on any atom is 0.302 e. The summed E-state index contributed by atoms with van der Waals surface area (Å²) in [6.45, 7) is 16.7. The summed E-state index contributed by atoms with van der Waals surface area (Å²) in [6.07, 6.45) is -2.40. The van der Waals surface area contributed by atoms with Crippen LogP contribution in [0, 0.1) is 50.7 Å². The van der Waals surface area contributed by atoms with Gasteiger partial charge in [0.05, 0.1) is 17.8 Å². The minimum atomic E-state index is -1.58. The Morgan fingerprint density at radius 2 is 1.56 bits per heavy atom. The standard InChI is InChI=1S/C40H66O12/c1-20(16-24(43)33(47)36(6,7)48)23-10-15-40-19-39(23,40)14-11-26-37(8)13-12-28(50-22(3)42)35(4,5)27(37)17-29(38(26,40)9)52-34-32(46)31(45)30(44)25(51-34)18-49-21(2)41/h20,23-34,43-48H,10-19H2,1-9H3/t20-,23-,24-,25?,26?,27?,28+,29+,30?,31?,32?,33+,34?,37+,38-,39+,40+/m0/s1. The Hall–Kier alpha value is -1.38. The first kappa shape index (κ1) is 40.3. The summed E-state index contributed by atoms with van der Waals surface area (Å²) < 4.78 is 24.3. The molecule has 298 valence electrons. The van der Waals surface area contributed by atoms with Crippen LogP contribution < -0.4 is 0 Å². The van der Waals surface area contributed by atoms with Crippen molar-refractivity contribution in [2.45, 2.75) is 181 Å². The molecule has 5 saturated carbocycles. The van der Waals surface area contributed by atoms with Crippen LogP contribution in [0.5, 0.6) is 0 Å². The number of hydrogen-bond donors (Lipinski definition) is 6. The smallest absolute Gasteiger partial charge is 0.302 e.